The highest BCUT2D eigenvalue weighted by Gasteiger charge is 2.53. The minimum atomic E-state index is 0.584. The zero-order valence-corrected chi connectivity index (χ0v) is 14.5. The van der Waals surface area contributed by atoms with Crippen LogP contribution in [-0.2, 0) is 0 Å². The first-order valence-electron chi connectivity index (χ1n) is 9.68. The van der Waals surface area contributed by atoms with E-state index in [9.17, 15) is 0 Å². The van der Waals surface area contributed by atoms with Crippen molar-refractivity contribution >= 4 is 0 Å². The van der Waals surface area contributed by atoms with Crippen molar-refractivity contribution in [1.29, 1.82) is 0 Å². The van der Waals surface area contributed by atoms with Crippen LogP contribution in [0.1, 0.15) is 65.7 Å². The van der Waals surface area contributed by atoms with Crippen molar-refractivity contribution in [3.05, 3.63) is 34.4 Å². The van der Waals surface area contributed by atoms with Gasteiger partial charge in [0.25, 0.3) is 0 Å². The minimum absolute atomic E-state index is 0.584. The first kappa shape index (κ1) is 13.6. The van der Waals surface area contributed by atoms with Crippen LogP contribution in [0.25, 0.3) is 0 Å². The van der Waals surface area contributed by atoms with Crippen molar-refractivity contribution in [3.63, 3.8) is 0 Å². The molecule has 0 radical (unpaired) electrons. The molecular weight excluding hydrogens is 264 g/mol. The third kappa shape index (κ3) is 1.76. The molecule has 0 aromatic carbocycles. The average Bonchev–Trinajstić information content (AvgIpc) is 2.99. The summed E-state index contributed by atoms with van der Waals surface area (Å²) in [5.41, 5.74) is 7.34. The molecule has 118 valence electrons. The summed E-state index contributed by atoms with van der Waals surface area (Å²) in [5.74, 6) is 4.74. The van der Waals surface area contributed by atoms with E-state index in [1.54, 1.807) is 41.6 Å². The SMILES string of the molecule is CC1=C2C=C(C34CC5CC(CC(C5)C3)C4)C=C2C(C(C)C)C1. The lowest BCUT2D eigenvalue weighted by Gasteiger charge is -2.57. The van der Waals surface area contributed by atoms with Gasteiger partial charge in [0.1, 0.15) is 0 Å². The largest absolute Gasteiger partial charge is 0.0652 e. The maximum absolute atomic E-state index is 2.67. The fourth-order valence-electron chi connectivity index (χ4n) is 7.12. The Bertz CT molecular complexity index is 575. The highest BCUT2D eigenvalue weighted by Crippen LogP contribution is 2.64. The van der Waals surface area contributed by atoms with Gasteiger partial charge in [-0.25, -0.2) is 0 Å². The Labute approximate surface area is 135 Å². The van der Waals surface area contributed by atoms with Crippen LogP contribution in [0, 0.1) is 35.0 Å². The molecule has 0 heteroatoms. The predicted molar refractivity (Wildman–Crippen MR) is 92.4 cm³/mol. The number of rotatable bonds is 2. The lowest BCUT2D eigenvalue weighted by atomic mass is 9.48. The van der Waals surface area contributed by atoms with Crippen LogP contribution >= 0.6 is 0 Å². The normalized spacial score (nSPS) is 45.6. The van der Waals surface area contributed by atoms with Crippen LogP contribution in [0.4, 0.5) is 0 Å². The van der Waals surface area contributed by atoms with Gasteiger partial charge in [0, 0.05) is 0 Å². The summed E-state index contributed by atoms with van der Waals surface area (Å²) in [5, 5.41) is 0. The van der Waals surface area contributed by atoms with Gasteiger partial charge < -0.3 is 0 Å². The van der Waals surface area contributed by atoms with E-state index in [4.69, 9.17) is 0 Å². The van der Waals surface area contributed by atoms with Crippen LogP contribution in [0.15, 0.2) is 34.4 Å². The molecule has 0 nitrogen and oxygen atoms in total. The highest BCUT2D eigenvalue weighted by atomic mass is 14.6. The highest BCUT2D eigenvalue weighted by molar-refractivity contribution is 5.61. The Balaban J connectivity index is 1.53. The van der Waals surface area contributed by atoms with Crippen molar-refractivity contribution in [2.24, 2.45) is 35.0 Å². The maximum Gasteiger partial charge on any atom is -0.00387 e. The van der Waals surface area contributed by atoms with Crippen molar-refractivity contribution in [2.45, 2.75) is 65.7 Å². The standard InChI is InChI=1S/C22H30/c1-13(2)19-4-14(3)20-8-18(9-21(19)20)22-10-15-5-16(11-22)7-17(6-15)12-22/h8-9,13,15-17,19H,4-7,10-12H2,1-3H3. The van der Waals surface area contributed by atoms with Crippen molar-refractivity contribution in [3.8, 4) is 0 Å². The monoisotopic (exact) mass is 294 g/mol. The van der Waals surface area contributed by atoms with Gasteiger partial charge in [0.15, 0.2) is 0 Å². The van der Waals surface area contributed by atoms with Crippen molar-refractivity contribution in [1.82, 2.24) is 0 Å². The van der Waals surface area contributed by atoms with Gasteiger partial charge in [-0.1, -0.05) is 31.6 Å². The zero-order valence-electron chi connectivity index (χ0n) is 14.5. The van der Waals surface area contributed by atoms with Crippen molar-refractivity contribution < 1.29 is 0 Å². The molecule has 0 amide bonds. The maximum atomic E-state index is 2.67. The van der Waals surface area contributed by atoms with Gasteiger partial charge in [-0.2, -0.15) is 0 Å². The molecule has 22 heavy (non-hydrogen) atoms. The summed E-state index contributed by atoms with van der Waals surface area (Å²) in [4.78, 5) is 0. The number of hydrogen-bond donors (Lipinski definition) is 0. The first-order chi connectivity index (χ1) is 10.5. The number of allylic oxidation sites excluding steroid dienone is 6. The average molecular weight is 294 g/mol. The molecule has 0 aromatic rings. The molecule has 0 aliphatic heterocycles. The summed E-state index contributed by atoms with van der Waals surface area (Å²) >= 11 is 0. The van der Waals surface area contributed by atoms with E-state index in [1.165, 1.54) is 25.7 Å². The first-order valence-corrected chi connectivity index (χ1v) is 9.68. The molecule has 4 bridgehead atoms. The fourth-order valence-corrected chi connectivity index (χ4v) is 7.12. The van der Waals surface area contributed by atoms with E-state index in [0.29, 0.717) is 5.41 Å². The lowest BCUT2D eigenvalue weighted by Crippen LogP contribution is -2.46. The van der Waals surface area contributed by atoms with Crippen molar-refractivity contribution in [2.75, 3.05) is 0 Å². The summed E-state index contributed by atoms with van der Waals surface area (Å²) in [7, 11) is 0. The Morgan fingerprint density at radius 1 is 0.955 bits per heavy atom. The molecule has 0 saturated heterocycles. The van der Waals surface area contributed by atoms with E-state index in [-0.39, 0.29) is 0 Å². The smallest absolute Gasteiger partial charge is 0.00387 e. The minimum Gasteiger partial charge on any atom is -0.0652 e. The second-order valence-electron chi connectivity index (χ2n) is 9.65. The molecule has 6 aliphatic carbocycles. The zero-order chi connectivity index (χ0) is 15.1. The van der Waals surface area contributed by atoms with E-state index in [2.05, 4.69) is 32.9 Å². The van der Waals surface area contributed by atoms with E-state index >= 15 is 0 Å². The second-order valence-corrected chi connectivity index (χ2v) is 9.65. The number of fused-ring (bicyclic) bond motifs is 1. The van der Waals surface area contributed by atoms with Crippen LogP contribution in [0.2, 0.25) is 0 Å². The Morgan fingerprint density at radius 3 is 2.09 bits per heavy atom. The second kappa shape index (κ2) is 4.40. The van der Waals surface area contributed by atoms with Gasteiger partial charge in [-0.15, -0.1) is 0 Å². The molecule has 6 rings (SSSR count). The van der Waals surface area contributed by atoms with Crippen LogP contribution < -0.4 is 0 Å². The predicted octanol–water partition coefficient (Wildman–Crippen LogP) is 6.06. The van der Waals surface area contributed by atoms with E-state index in [1.807, 2.05) is 0 Å². The van der Waals surface area contributed by atoms with Gasteiger partial charge in [-0.05, 0) is 104 Å². The molecule has 4 fully saturated rings. The van der Waals surface area contributed by atoms with Gasteiger partial charge in [0.05, 0.1) is 0 Å². The molecule has 0 heterocycles. The molecule has 6 aliphatic rings. The Hall–Kier alpha value is -0.780. The molecule has 1 atom stereocenters. The van der Waals surface area contributed by atoms with E-state index < -0.39 is 0 Å². The summed E-state index contributed by atoms with van der Waals surface area (Å²) in [6.45, 7) is 7.19. The Kier molecular flexibility index (Phi) is 2.73. The van der Waals surface area contributed by atoms with Crippen LogP contribution in [-0.4, -0.2) is 0 Å². The van der Waals surface area contributed by atoms with Gasteiger partial charge >= 0.3 is 0 Å². The fraction of sp³-hybridized carbons (Fsp3) is 0.727. The topological polar surface area (TPSA) is 0 Å². The van der Waals surface area contributed by atoms with Gasteiger partial charge in [-0.3, -0.25) is 0 Å². The third-order valence-electron chi connectivity index (χ3n) is 7.76. The molecule has 0 spiro atoms. The summed E-state index contributed by atoms with van der Waals surface area (Å²) in [6.07, 6.45) is 15.8. The molecule has 1 unspecified atom stereocenters. The van der Waals surface area contributed by atoms with Gasteiger partial charge in [0.2, 0.25) is 0 Å². The quantitative estimate of drug-likeness (QED) is 0.580. The lowest BCUT2D eigenvalue weighted by molar-refractivity contribution is -0.0284. The number of hydrogen-bond acceptors (Lipinski definition) is 0. The summed E-state index contributed by atoms with van der Waals surface area (Å²) < 4.78 is 0. The third-order valence-corrected chi connectivity index (χ3v) is 7.76. The molecule has 0 N–H and O–H groups in total. The molecule has 0 aromatic heterocycles. The molecule has 4 saturated carbocycles. The Morgan fingerprint density at radius 2 is 1.55 bits per heavy atom. The summed E-state index contributed by atoms with van der Waals surface area (Å²) in [6, 6.07) is 0. The molecular formula is C22H30. The van der Waals surface area contributed by atoms with Crippen LogP contribution in [0.3, 0.4) is 0 Å². The van der Waals surface area contributed by atoms with E-state index in [0.717, 1.165) is 29.6 Å². The van der Waals surface area contributed by atoms with Crippen LogP contribution in [0.5, 0.6) is 0 Å².